The third-order valence-electron chi connectivity index (χ3n) is 4.38. The molecule has 156 valence electrons. The van der Waals surface area contributed by atoms with Crippen LogP contribution in [-0.2, 0) is 12.6 Å². The fourth-order valence-electron chi connectivity index (χ4n) is 2.84. The molecule has 0 fully saturated rings. The van der Waals surface area contributed by atoms with Crippen LogP contribution in [-0.4, -0.2) is 12.4 Å². The molecule has 0 bridgehead atoms. The standard InChI is InChI=1S/C22H23F5N2/c1-2-3-4-5-6-7-16-8-10-17(11-9-16)14-28-29-15-18-12-19(23)21(20(24)13-18)22(25,26)27/h8-15H,2-7H2,1H3. The maximum atomic E-state index is 13.5. The molecule has 0 heterocycles. The first-order valence-corrected chi connectivity index (χ1v) is 9.53. The van der Waals surface area contributed by atoms with Gasteiger partial charge in [0.1, 0.15) is 17.2 Å². The van der Waals surface area contributed by atoms with E-state index in [0.717, 1.165) is 24.6 Å². The molecule has 0 N–H and O–H groups in total. The fourth-order valence-corrected chi connectivity index (χ4v) is 2.84. The van der Waals surface area contributed by atoms with E-state index in [-0.39, 0.29) is 5.56 Å². The van der Waals surface area contributed by atoms with Crippen LogP contribution in [0.2, 0.25) is 0 Å². The van der Waals surface area contributed by atoms with E-state index in [0.29, 0.717) is 12.1 Å². The molecule has 0 atom stereocenters. The number of hydrogen-bond acceptors (Lipinski definition) is 2. The zero-order valence-corrected chi connectivity index (χ0v) is 16.1. The maximum absolute atomic E-state index is 13.5. The number of unbranched alkanes of at least 4 members (excludes halogenated alkanes) is 4. The summed E-state index contributed by atoms with van der Waals surface area (Å²) in [4.78, 5) is 0. The minimum Gasteiger partial charge on any atom is -0.206 e. The molecular weight excluding hydrogens is 387 g/mol. The SMILES string of the molecule is CCCCCCCc1ccc(C=NN=Cc2cc(F)c(C(F)(F)F)c(F)c2)cc1. The third kappa shape index (κ3) is 7.40. The molecular formula is C22H23F5N2. The second kappa shape index (κ2) is 10.8. The molecule has 0 aromatic heterocycles. The van der Waals surface area contributed by atoms with Crippen LogP contribution in [0.3, 0.4) is 0 Å². The number of aryl methyl sites for hydroxylation is 1. The molecule has 0 spiro atoms. The van der Waals surface area contributed by atoms with E-state index in [9.17, 15) is 22.0 Å². The second-order valence-electron chi connectivity index (χ2n) is 6.75. The van der Waals surface area contributed by atoms with Crippen LogP contribution in [0.4, 0.5) is 22.0 Å². The van der Waals surface area contributed by atoms with Crippen molar-refractivity contribution in [3.05, 3.63) is 70.3 Å². The van der Waals surface area contributed by atoms with Gasteiger partial charge in [-0.1, -0.05) is 56.9 Å². The van der Waals surface area contributed by atoms with Gasteiger partial charge in [-0.25, -0.2) is 8.78 Å². The molecule has 0 radical (unpaired) electrons. The molecule has 0 saturated heterocycles. The summed E-state index contributed by atoms with van der Waals surface area (Å²) in [6.45, 7) is 2.18. The van der Waals surface area contributed by atoms with Gasteiger partial charge in [0, 0.05) is 5.56 Å². The van der Waals surface area contributed by atoms with Gasteiger partial charge in [-0.2, -0.15) is 23.4 Å². The minimum atomic E-state index is -5.09. The minimum absolute atomic E-state index is 0.149. The predicted molar refractivity (Wildman–Crippen MR) is 105 cm³/mol. The molecule has 29 heavy (non-hydrogen) atoms. The Morgan fingerprint density at radius 3 is 1.90 bits per heavy atom. The summed E-state index contributed by atoms with van der Waals surface area (Å²) in [5, 5.41) is 7.41. The highest BCUT2D eigenvalue weighted by Gasteiger charge is 2.37. The van der Waals surface area contributed by atoms with Gasteiger partial charge >= 0.3 is 6.18 Å². The van der Waals surface area contributed by atoms with E-state index < -0.39 is 23.4 Å². The molecule has 0 aliphatic heterocycles. The Balaban J connectivity index is 1.92. The smallest absolute Gasteiger partial charge is 0.206 e. The van der Waals surface area contributed by atoms with Crippen molar-refractivity contribution < 1.29 is 22.0 Å². The largest absolute Gasteiger partial charge is 0.422 e. The molecule has 0 saturated carbocycles. The first-order chi connectivity index (χ1) is 13.8. The number of benzene rings is 2. The average Bonchev–Trinajstić information content (AvgIpc) is 2.64. The van der Waals surface area contributed by atoms with Crippen LogP contribution in [0.25, 0.3) is 0 Å². The summed E-state index contributed by atoms with van der Waals surface area (Å²) in [6, 6.07) is 8.92. The van der Waals surface area contributed by atoms with Crippen LogP contribution >= 0.6 is 0 Å². The van der Waals surface area contributed by atoms with Crippen molar-refractivity contribution in [2.75, 3.05) is 0 Å². The van der Waals surface area contributed by atoms with Gasteiger partial charge in [0.2, 0.25) is 0 Å². The van der Waals surface area contributed by atoms with Crippen LogP contribution in [0.1, 0.15) is 61.3 Å². The van der Waals surface area contributed by atoms with Crippen molar-refractivity contribution in [2.24, 2.45) is 10.2 Å². The Labute approximate surface area is 167 Å². The predicted octanol–water partition coefficient (Wildman–Crippen LogP) is 6.95. The summed E-state index contributed by atoms with van der Waals surface area (Å²) in [5.74, 6) is -3.37. The van der Waals surface area contributed by atoms with Crippen molar-refractivity contribution in [1.29, 1.82) is 0 Å². The summed E-state index contributed by atoms with van der Waals surface area (Å²) in [5.41, 5.74) is -0.0355. The van der Waals surface area contributed by atoms with Crippen LogP contribution in [0, 0.1) is 11.6 Å². The molecule has 2 aromatic carbocycles. The molecule has 0 amide bonds. The first kappa shape index (κ1) is 22.7. The zero-order chi connectivity index (χ0) is 21.3. The van der Waals surface area contributed by atoms with Gasteiger partial charge in [-0.3, -0.25) is 0 Å². The van der Waals surface area contributed by atoms with Gasteiger partial charge in [0.15, 0.2) is 0 Å². The molecule has 0 aliphatic carbocycles. The monoisotopic (exact) mass is 410 g/mol. The average molecular weight is 410 g/mol. The third-order valence-corrected chi connectivity index (χ3v) is 4.38. The quantitative estimate of drug-likeness (QED) is 0.185. The molecule has 0 unspecified atom stereocenters. The summed E-state index contributed by atoms with van der Waals surface area (Å²) in [7, 11) is 0. The van der Waals surface area contributed by atoms with E-state index in [1.807, 2.05) is 24.3 Å². The Hall–Kier alpha value is -2.57. The number of hydrogen-bond donors (Lipinski definition) is 0. The Bertz CT molecular complexity index is 816. The van der Waals surface area contributed by atoms with Crippen molar-refractivity contribution in [2.45, 2.75) is 51.6 Å². The normalized spacial score (nSPS) is 12.3. The van der Waals surface area contributed by atoms with Crippen LogP contribution < -0.4 is 0 Å². The topological polar surface area (TPSA) is 24.7 Å². The summed E-state index contributed by atoms with van der Waals surface area (Å²) >= 11 is 0. The van der Waals surface area contributed by atoms with Gasteiger partial charge in [0.05, 0.1) is 12.4 Å². The maximum Gasteiger partial charge on any atom is 0.422 e. The molecule has 0 aliphatic rings. The Morgan fingerprint density at radius 2 is 1.34 bits per heavy atom. The highest BCUT2D eigenvalue weighted by Crippen LogP contribution is 2.33. The number of nitrogens with zero attached hydrogens (tertiary/aromatic N) is 2. The van der Waals surface area contributed by atoms with Gasteiger partial charge < -0.3 is 0 Å². The van der Waals surface area contributed by atoms with E-state index in [1.165, 1.54) is 37.5 Å². The number of alkyl halides is 3. The van der Waals surface area contributed by atoms with Crippen molar-refractivity contribution in [3.63, 3.8) is 0 Å². The lowest BCUT2D eigenvalue weighted by Gasteiger charge is -2.09. The second-order valence-corrected chi connectivity index (χ2v) is 6.75. The lowest BCUT2D eigenvalue weighted by Crippen LogP contribution is -2.11. The van der Waals surface area contributed by atoms with Gasteiger partial charge in [-0.15, -0.1) is 0 Å². The molecule has 2 rings (SSSR count). The van der Waals surface area contributed by atoms with Crippen molar-refractivity contribution in [3.8, 4) is 0 Å². The molecule has 2 aromatic rings. The molecule has 2 nitrogen and oxygen atoms in total. The summed E-state index contributed by atoms with van der Waals surface area (Å²) in [6.07, 6.45) is 4.49. The first-order valence-electron chi connectivity index (χ1n) is 9.53. The van der Waals surface area contributed by atoms with Crippen LogP contribution in [0.5, 0.6) is 0 Å². The van der Waals surface area contributed by atoms with E-state index >= 15 is 0 Å². The van der Waals surface area contributed by atoms with Crippen molar-refractivity contribution in [1.82, 2.24) is 0 Å². The lowest BCUT2D eigenvalue weighted by atomic mass is 10.0. The Kier molecular flexibility index (Phi) is 8.49. The highest BCUT2D eigenvalue weighted by molar-refractivity contribution is 5.82. The lowest BCUT2D eigenvalue weighted by molar-refractivity contribution is -0.142. The van der Waals surface area contributed by atoms with Crippen molar-refractivity contribution >= 4 is 12.4 Å². The van der Waals surface area contributed by atoms with E-state index in [1.54, 1.807) is 0 Å². The van der Waals surface area contributed by atoms with Crippen LogP contribution in [0.15, 0.2) is 46.6 Å². The van der Waals surface area contributed by atoms with Gasteiger partial charge in [0.25, 0.3) is 0 Å². The van der Waals surface area contributed by atoms with Gasteiger partial charge in [-0.05, 0) is 36.1 Å². The number of halogens is 5. The number of rotatable bonds is 9. The molecule has 7 heteroatoms. The van der Waals surface area contributed by atoms with E-state index in [2.05, 4.69) is 17.1 Å². The summed E-state index contributed by atoms with van der Waals surface area (Å²) < 4.78 is 64.7. The zero-order valence-electron chi connectivity index (χ0n) is 16.1. The fraction of sp³-hybridized carbons (Fsp3) is 0.364. The highest BCUT2D eigenvalue weighted by atomic mass is 19.4. The Morgan fingerprint density at radius 1 is 0.793 bits per heavy atom. The van der Waals surface area contributed by atoms with E-state index in [4.69, 9.17) is 0 Å².